The average Bonchev–Trinajstić information content (AvgIpc) is 3.25. The van der Waals surface area contributed by atoms with E-state index in [9.17, 15) is 29.4 Å². The molecule has 184 valence electrons. The van der Waals surface area contributed by atoms with Crippen LogP contribution in [0.25, 0.3) is 0 Å². The number of carboxylic acids is 1. The Bertz CT molecular complexity index is 821. The molecular formula is C23H35N3O7. The summed E-state index contributed by atoms with van der Waals surface area (Å²) in [6.07, 6.45) is 5.91. The second-order valence-corrected chi connectivity index (χ2v) is 10.2. The molecule has 0 bridgehead atoms. The third-order valence-corrected chi connectivity index (χ3v) is 6.33. The number of allylic oxidation sites excluding steroid dienone is 1. The maximum Gasteiger partial charge on any atom is 0.408 e. The number of fused-ring (bicyclic) bond motifs is 2. The molecule has 0 spiro atoms. The number of carboxylic acid groups (broad SMARTS) is 1. The molecule has 3 amide bonds. The van der Waals surface area contributed by atoms with Crippen molar-refractivity contribution in [3.8, 4) is 0 Å². The third-order valence-electron chi connectivity index (χ3n) is 6.33. The molecule has 3 aliphatic rings. The number of hydrogen-bond acceptors (Lipinski definition) is 6. The fraction of sp³-hybridized carbons (Fsp3) is 0.739. The number of carbonyl (C=O) groups is 4. The number of aliphatic carboxylic acids is 1. The first kappa shape index (κ1) is 25.0. The Morgan fingerprint density at radius 3 is 2.64 bits per heavy atom. The van der Waals surface area contributed by atoms with E-state index >= 15 is 0 Å². The van der Waals surface area contributed by atoms with Crippen molar-refractivity contribution < 1.29 is 34.1 Å². The summed E-state index contributed by atoms with van der Waals surface area (Å²) in [6, 6.07) is -1.93. The normalized spacial score (nSPS) is 34.1. The molecule has 1 saturated heterocycles. The second kappa shape index (κ2) is 9.70. The SMILES string of the molecule is CC(C)(C)OC(=O)N[C@H]1CCCCC/C=C/[C@@H]2C[C@@]2(C(=O)O)NC(=O)[C@@H]2C[C@@H](O)CN2C1=O. The van der Waals surface area contributed by atoms with E-state index in [2.05, 4.69) is 10.6 Å². The first-order valence-electron chi connectivity index (χ1n) is 11.6. The van der Waals surface area contributed by atoms with Crippen LogP contribution in [0.15, 0.2) is 12.2 Å². The number of nitrogens with one attached hydrogen (secondary N) is 2. The Morgan fingerprint density at radius 1 is 1.24 bits per heavy atom. The van der Waals surface area contributed by atoms with Crippen LogP contribution in [0.5, 0.6) is 0 Å². The van der Waals surface area contributed by atoms with E-state index in [0.29, 0.717) is 12.8 Å². The molecule has 4 N–H and O–H groups in total. The van der Waals surface area contributed by atoms with Crippen LogP contribution < -0.4 is 10.6 Å². The van der Waals surface area contributed by atoms with Gasteiger partial charge in [0, 0.05) is 18.9 Å². The predicted molar refractivity (Wildman–Crippen MR) is 118 cm³/mol. The van der Waals surface area contributed by atoms with Crippen LogP contribution in [0.1, 0.15) is 65.7 Å². The quantitative estimate of drug-likeness (QED) is 0.450. The molecule has 5 atom stereocenters. The molecule has 3 rings (SSSR count). The summed E-state index contributed by atoms with van der Waals surface area (Å²) in [7, 11) is 0. The van der Waals surface area contributed by atoms with Crippen molar-refractivity contribution in [3.63, 3.8) is 0 Å². The van der Waals surface area contributed by atoms with Gasteiger partial charge >= 0.3 is 12.1 Å². The van der Waals surface area contributed by atoms with Gasteiger partial charge in [0.1, 0.15) is 23.2 Å². The number of aliphatic hydroxyl groups excluding tert-OH is 1. The Morgan fingerprint density at radius 2 is 1.97 bits per heavy atom. The first-order valence-corrected chi connectivity index (χ1v) is 11.6. The van der Waals surface area contributed by atoms with E-state index in [1.807, 2.05) is 12.2 Å². The summed E-state index contributed by atoms with van der Waals surface area (Å²) in [5.74, 6) is -2.51. The number of aliphatic hydroxyl groups is 1. The van der Waals surface area contributed by atoms with E-state index in [-0.39, 0.29) is 25.3 Å². The second-order valence-electron chi connectivity index (χ2n) is 10.2. The number of carbonyl (C=O) groups excluding carboxylic acids is 3. The highest BCUT2D eigenvalue weighted by atomic mass is 16.6. The summed E-state index contributed by atoms with van der Waals surface area (Å²) in [6.45, 7) is 5.10. The highest BCUT2D eigenvalue weighted by molar-refractivity contribution is 5.96. The molecule has 1 aliphatic carbocycles. The number of amides is 3. The Kier molecular flexibility index (Phi) is 7.36. The van der Waals surface area contributed by atoms with Crippen molar-refractivity contribution in [1.29, 1.82) is 0 Å². The predicted octanol–water partition coefficient (Wildman–Crippen LogP) is 1.32. The van der Waals surface area contributed by atoms with Crippen LogP contribution in [-0.4, -0.2) is 74.9 Å². The highest BCUT2D eigenvalue weighted by Gasteiger charge is 2.61. The molecule has 1 saturated carbocycles. The van der Waals surface area contributed by atoms with Crippen LogP contribution in [0, 0.1) is 5.92 Å². The molecule has 10 heteroatoms. The van der Waals surface area contributed by atoms with Gasteiger partial charge in [-0.1, -0.05) is 25.0 Å². The van der Waals surface area contributed by atoms with E-state index in [0.717, 1.165) is 19.3 Å². The lowest BCUT2D eigenvalue weighted by Crippen LogP contribution is -2.56. The summed E-state index contributed by atoms with van der Waals surface area (Å²) in [5, 5.41) is 25.2. The summed E-state index contributed by atoms with van der Waals surface area (Å²) in [4.78, 5) is 52.0. The van der Waals surface area contributed by atoms with E-state index in [4.69, 9.17) is 4.74 Å². The van der Waals surface area contributed by atoms with Crippen molar-refractivity contribution in [2.75, 3.05) is 6.54 Å². The zero-order valence-corrected chi connectivity index (χ0v) is 19.5. The Balaban J connectivity index is 1.83. The Labute approximate surface area is 193 Å². The first-order chi connectivity index (χ1) is 15.4. The fourth-order valence-electron chi connectivity index (χ4n) is 4.53. The van der Waals surface area contributed by atoms with E-state index in [1.54, 1.807) is 20.8 Å². The van der Waals surface area contributed by atoms with Crippen molar-refractivity contribution in [2.45, 2.75) is 95.0 Å². The average molecular weight is 466 g/mol. The number of nitrogens with zero attached hydrogens (tertiary/aromatic N) is 1. The minimum absolute atomic E-state index is 0.00688. The van der Waals surface area contributed by atoms with Gasteiger partial charge < -0.3 is 30.5 Å². The molecule has 10 nitrogen and oxygen atoms in total. The summed E-state index contributed by atoms with van der Waals surface area (Å²) < 4.78 is 5.30. The molecule has 0 aromatic carbocycles. The third kappa shape index (κ3) is 6.04. The van der Waals surface area contributed by atoms with Gasteiger partial charge in [0.25, 0.3) is 0 Å². The standard InChI is InChI=1S/C23H35N3O7/c1-22(2,3)33-21(32)24-16-10-8-6-4-5-7-9-14-12-23(14,20(30)31)25-18(28)17-11-15(27)13-26(17)19(16)29/h7,9,14-17,27H,4-6,8,10-13H2,1-3H3,(H,24,32)(H,25,28)(H,30,31)/b9-7+/t14-,15-,16+,17+,23-/m1/s1. The van der Waals surface area contributed by atoms with Gasteiger partial charge in [-0.05, 0) is 46.5 Å². The maximum absolute atomic E-state index is 13.4. The minimum atomic E-state index is -1.38. The van der Waals surface area contributed by atoms with Gasteiger partial charge in [-0.3, -0.25) is 9.59 Å². The fourth-order valence-corrected chi connectivity index (χ4v) is 4.53. The largest absolute Gasteiger partial charge is 0.479 e. The maximum atomic E-state index is 13.4. The molecule has 2 fully saturated rings. The van der Waals surface area contributed by atoms with Crippen LogP contribution in [0.2, 0.25) is 0 Å². The zero-order chi connectivity index (χ0) is 24.4. The Hall–Kier alpha value is -2.62. The molecule has 0 aromatic heterocycles. The smallest absolute Gasteiger partial charge is 0.408 e. The van der Waals surface area contributed by atoms with Crippen molar-refractivity contribution >= 4 is 23.9 Å². The van der Waals surface area contributed by atoms with Crippen LogP contribution in [0.4, 0.5) is 4.79 Å². The van der Waals surface area contributed by atoms with E-state index < -0.39 is 53.2 Å². The summed E-state index contributed by atoms with van der Waals surface area (Å²) >= 11 is 0. The van der Waals surface area contributed by atoms with Crippen molar-refractivity contribution in [2.24, 2.45) is 5.92 Å². The molecule has 0 aromatic rings. The van der Waals surface area contributed by atoms with Gasteiger partial charge in [-0.2, -0.15) is 0 Å². The van der Waals surface area contributed by atoms with Crippen molar-refractivity contribution in [1.82, 2.24) is 15.5 Å². The molecule has 0 unspecified atom stereocenters. The molecular weight excluding hydrogens is 430 g/mol. The van der Waals surface area contributed by atoms with Crippen LogP contribution in [0.3, 0.4) is 0 Å². The van der Waals surface area contributed by atoms with Gasteiger partial charge in [0.15, 0.2) is 0 Å². The number of rotatable bonds is 2. The lowest BCUT2D eigenvalue weighted by atomic mass is 10.0. The zero-order valence-electron chi connectivity index (χ0n) is 19.5. The molecule has 0 radical (unpaired) electrons. The van der Waals surface area contributed by atoms with Gasteiger partial charge in [-0.15, -0.1) is 0 Å². The minimum Gasteiger partial charge on any atom is -0.479 e. The van der Waals surface area contributed by atoms with Crippen LogP contribution in [-0.2, 0) is 19.1 Å². The molecule has 33 heavy (non-hydrogen) atoms. The van der Waals surface area contributed by atoms with Crippen LogP contribution >= 0.6 is 0 Å². The van der Waals surface area contributed by atoms with Gasteiger partial charge in [0.2, 0.25) is 11.8 Å². The monoisotopic (exact) mass is 465 g/mol. The number of hydrogen-bond donors (Lipinski definition) is 4. The topological polar surface area (TPSA) is 145 Å². The highest BCUT2D eigenvalue weighted by Crippen LogP contribution is 2.45. The number of ether oxygens (including phenoxy) is 1. The molecule has 2 aliphatic heterocycles. The number of alkyl carbamates (subject to hydrolysis) is 1. The van der Waals surface area contributed by atoms with Gasteiger partial charge in [0.05, 0.1) is 6.10 Å². The lowest BCUT2D eigenvalue weighted by Gasteiger charge is -2.30. The van der Waals surface area contributed by atoms with Crippen molar-refractivity contribution in [3.05, 3.63) is 12.2 Å². The van der Waals surface area contributed by atoms with E-state index in [1.165, 1.54) is 4.90 Å². The van der Waals surface area contributed by atoms with Gasteiger partial charge in [-0.25, -0.2) is 9.59 Å². The molecule has 2 heterocycles. The summed E-state index contributed by atoms with van der Waals surface area (Å²) in [5.41, 5.74) is -2.12. The lowest BCUT2D eigenvalue weighted by molar-refractivity contribution is -0.145.